The Labute approximate surface area is 93.3 Å². The predicted molar refractivity (Wildman–Crippen MR) is 62.6 cm³/mol. The molecule has 1 aromatic rings. The minimum Gasteiger partial charge on any atom is -0.241 e. The first-order chi connectivity index (χ1) is 5.91. The maximum atomic E-state index is 4.42. The van der Waals surface area contributed by atoms with E-state index >= 15 is 0 Å². The highest BCUT2D eigenvalue weighted by Crippen LogP contribution is 2.32. The fourth-order valence-electron chi connectivity index (χ4n) is 0.947. The highest BCUT2D eigenvalue weighted by molar-refractivity contribution is 14.1. The van der Waals surface area contributed by atoms with Crippen LogP contribution in [-0.2, 0) is 0 Å². The summed E-state index contributed by atoms with van der Waals surface area (Å²) in [7, 11) is 0. The Balaban J connectivity index is 2.96. The van der Waals surface area contributed by atoms with Crippen molar-refractivity contribution in [1.29, 1.82) is 0 Å². The van der Waals surface area contributed by atoms with E-state index in [1.54, 1.807) is 0 Å². The van der Waals surface area contributed by atoms with Crippen molar-refractivity contribution in [2.24, 2.45) is 5.41 Å². The summed E-state index contributed by atoms with van der Waals surface area (Å²) in [6.45, 7) is 8.80. The van der Waals surface area contributed by atoms with E-state index in [9.17, 15) is 0 Å². The van der Waals surface area contributed by atoms with E-state index in [-0.39, 0.29) is 5.41 Å². The third kappa shape index (κ3) is 2.90. The molecule has 0 aliphatic carbocycles. The molecule has 13 heavy (non-hydrogen) atoms. The van der Waals surface area contributed by atoms with Crippen molar-refractivity contribution in [3.8, 4) is 0 Å². The van der Waals surface area contributed by atoms with Gasteiger partial charge >= 0.3 is 0 Å². The Bertz CT molecular complexity index is 291. The molecule has 0 aliphatic heterocycles. The molecule has 1 rings (SSSR count). The minimum atomic E-state index is 0.227. The number of aromatic nitrogens is 2. The maximum absolute atomic E-state index is 4.42. The molecule has 0 N–H and O–H groups in total. The normalized spacial score (nSPS) is 14.2. The molecule has 1 atom stereocenters. The van der Waals surface area contributed by atoms with Gasteiger partial charge in [0.15, 0.2) is 0 Å². The Morgan fingerprint density at radius 2 is 2.00 bits per heavy atom. The highest BCUT2D eigenvalue weighted by Gasteiger charge is 2.23. The van der Waals surface area contributed by atoms with E-state index in [1.807, 2.05) is 12.3 Å². The summed E-state index contributed by atoms with van der Waals surface area (Å²) in [6.07, 6.45) is 1.83. The summed E-state index contributed by atoms with van der Waals surface area (Å²) >= 11 is 2.22. The SMILES string of the molecule is CC(c1nccc(I)n1)C(C)(C)C. The second-order valence-electron chi connectivity index (χ2n) is 4.33. The van der Waals surface area contributed by atoms with Gasteiger partial charge in [0.05, 0.1) is 0 Å². The van der Waals surface area contributed by atoms with Crippen molar-refractivity contribution in [3.63, 3.8) is 0 Å². The van der Waals surface area contributed by atoms with Crippen LogP contribution in [-0.4, -0.2) is 9.97 Å². The van der Waals surface area contributed by atoms with Gasteiger partial charge in [0.2, 0.25) is 0 Å². The van der Waals surface area contributed by atoms with Gasteiger partial charge in [-0.3, -0.25) is 0 Å². The zero-order valence-corrected chi connectivity index (χ0v) is 10.7. The van der Waals surface area contributed by atoms with Crippen molar-refractivity contribution >= 4 is 22.6 Å². The van der Waals surface area contributed by atoms with Gasteiger partial charge in [-0.25, -0.2) is 9.97 Å². The average molecular weight is 290 g/mol. The number of rotatable bonds is 1. The number of hydrogen-bond acceptors (Lipinski definition) is 2. The van der Waals surface area contributed by atoms with Gasteiger partial charge in [0.25, 0.3) is 0 Å². The number of hydrogen-bond donors (Lipinski definition) is 0. The van der Waals surface area contributed by atoms with Crippen molar-refractivity contribution in [2.45, 2.75) is 33.6 Å². The molecule has 1 heterocycles. The molecular weight excluding hydrogens is 275 g/mol. The Morgan fingerprint density at radius 3 is 2.46 bits per heavy atom. The van der Waals surface area contributed by atoms with Crippen LogP contribution in [0.5, 0.6) is 0 Å². The third-order valence-electron chi connectivity index (χ3n) is 2.33. The van der Waals surface area contributed by atoms with Gasteiger partial charge in [-0.05, 0) is 34.1 Å². The smallest absolute Gasteiger partial charge is 0.132 e. The van der Waals surface area contributed by atoms with Crippen LogP contribution >= 0.6 is 22.6 Å². The van der Waals surface area contributed by atoms with E-state index in [2.05, 4.69) is 60.3 Å². The molecule has 0 aromatic carbocycles. The first-order valence-electron chi connectivity index (χ1n) is 4.39. The van der Waals surface area contributed by atoms with Crippen LogP contribution in [0.4, 0.5) is 0 Å². The largest absolute Gasteiger partial charge is 0.241 e. The van der Waals surface area contributed by atoms with Gasteiger partial charge in [0.1, 0.15) is 9.53 Å². The van der Waals surface area contributed by atoms with E-state index in [1.165, 1.54) is 0 Å². The molecular formula is C10H15IN2. The fourth-order valence-corrected chi connectivity index (χ4v) is 1.35. The molecule has 1 unspecified atom stereocenters. The van der Waals surface area contributed by atoms with Crippen molar-refractivity contribution in [1.82, 2.24) is 9.97 Å². The van der Waals surface area contributed by atoms with E-state index in [0.29, 0.717) is 5.92 Å². The minimum absolute atomic E-state index is 0.227. The lowest BCUT2D eigenvalue weighted by atomic mass is 9.81. The molecule has 72 valence electrons. The standard InChI is InChI=1S/C10H15IN2/c1-7(10(2,3)4)9-12-6-5-8(11)13-9/h5-7H,1-4H3. The Hall–Kier alpha value is -0.190. The molecule has 0 saturated carbocycles. The van der Waals surface area contributed by atoms with Crippen LogP contribution in [0.1, 0.15) is 39.4 Å². The molecule has 1 aromatic heterocycles. The fraction of sp³-hybridized carbons (Fsp3) is 0.600. The second kappa shape index (κ2) is 3.90. The molecule has 0 radical (unpaired) electrons. The summed E-state index contributed by atoms with van der Waals surface area (Å²) in [4.78, 5) is 8.71. The molecule has 0 saturated heterocycles. The van der Waals surface area contributed by atoms with Crippen molar-refractivity contribution in [2.75, 3.05) is 0 Å². The summed E-state index contributed by atoms with van der Waals surface area (Å²) in [6, 6.07) is 1.92. The Morgan fingerprint density at radius 1 is 1.38 bits per heavy atom. The molecule has 0 spiro atoms. The summed E-state index contributed by atoms with van der Waals surface area (Å²) < 4.78 is 1.01. The molecule has 3 heteroatoms. The summed E-state index contributed by atoms with van der Waals surface area (Å²) in [5, 5.41) is 0. The van der Waals surface area contributed by atoms with Crippen molar-refractivity contribution in [3.05, 3.63) is 21.8 Å². The molecule has 0 amide bonds. The van der Waals surface area contributed by atoms with E-state index in [4.69, 9.17) is 0 Å². The van der Waals surface area contributed by atoms with Gasteiger partial charge in [-0.2, -0.15) is 0 Å². The molecule has 0 aliphatic rings. The van der Waals surface area contributed by atoms with Crippen molar-refractivity contribution < 1.29 is 0 Å². The first-order valence-corrected chi connectivity index (χ1v) is 5.47. The quantitative estimate of drug-likeness (QED) is 0.586. The maximum Gasteiger partial charge on any atom is 0.132 e. The van der Waals surface area contributed by atoms with Gasteiger partial charge in [-0.15, -0.1) is 0 Å². The second-order valence-corrected chi connectivity index (χ2v) is 5.43. The lowest BCUT2D eigenvalue weighted by molar-refractivity contribution is 0.327. The summed E-state index contributed by atoms with van der Waals surface area (Å²) in [5.41, 5.74) is 0.227. The topological polar surface area (TPSA) is 25.8 Å². The van der Waals surface area contributed by atoms with Crippen LogP contribution in [0.15, 0.2) is 12.3 Å². The number of halogens is 1. The zero-order chi connectivity index (χ0) is 10.1. The van der Waals surface area contributed by atoms with Crippen LogP contribution in [0.3, 0.4) is 0 Å². The van der Waals surface area contributed by atoms with Crippen LogP contribution in [0.2, 0.25) is 0 Å². The molecule has 0 bridgehead atoms. The first kappa shape index (κ1) is 10.9. The predicted octanol–water partition coefficient (Wildman–Crippen LogP) is 3.23. The zero-order valence-electron chi connectivity index (χ0n) is 8.50. The number of nitrogens with zero attached hydrogens (tertiary/aromatic N) is 2. The highest BCUT2D eigenvalue weighted by atomic mass is 127. The lowest BCUT2D eigenvalue weighted by Crippen LogP contribution is -2.18. The van der Waals surface area contributed by atoms with Crippen LogP contribution in [0.25, 0.3) is 0 Å². The van der Waals surface area contributed by atoms with E-state index < -0.39 is 0 Å². The Kier molecular flexibility index (Phi) is 3.27. The third-order valence-corrected chi connectivity index (χ3v) is 2.93. The average Bonchev–Trinajstić information content (AvgIpc) is 2.01. The molecule has 2 nitrogen and oxygen atoms in total. The monoisotopic (exact) mass is 290 g/mol. The van der Waals surface area contributed by atoms with Gasteiger partial charge < -0.3 is 0 Å². The lowest BCUT2D eigenvalue weighted by Gasteiger charge is -2.25. The van der Waals surface area contributed by atoms with E-state index in [0.717, 1.165) is 9.53 Å². The molecule has 0 fully saturated rings. The van der Waals surface area contributed by atoms with Gasteiger partial charge in [-0.1, -0.05) is 27.7 Å². The van der Waals surface area contributed by atoms with Gasteiger partial charge in [0, 0.05) is 12.1 Å². The summed E-state index contributed by atoms with van der Waals surface area (Å²) in [5.74, 6) is 1.33. The van der Waals surface area contributed by atoms with Crippen LogP contribution in [0, 0.1) is 9.12 Å². The van der Waals surface area contributed by atoms with Crippen LogP contribution < -0.4 is 0 Å².